The third-order valence-electron chi connectivity index (χ3n) is 2.20. The second-order valence-corrected chi connectivity index (χ2v) is 4.44. The van der Waals surface area contributed by atoms with Gasteiger partial charge in [-0.1, -0.05) is 0 Å². The fraction of sp³-hybridized carbons (Fsp3) is 0.667. The lowest BCUT2D eigenvalue weighted by Crippen LogP contribution is -2.12. The van der Waals surface area contributed by atoms with E-state index in [4.69, 9.17) is 10.5 Å². The third-order valence-corrected chi connectivity index (χ3v) is 3.54. The maximum Gasteiger partial charge on any atom is 0.135 e. The molecule has 1 unspecified atom stereocenters. The second kappa shape index (κ2) is 4.97. The molecule has 14 heavy (non-hydrogen) atoms. The van der Waals surface area contributed by atoms with Crippen LogP contribution in [0.1, 0.15) is 25.1 Å². The minimum atomic E-state index is 0.289. The van der Waals surface area contributed by atoms with Crippen LogP contribution in [0.3, 0.4) is 0 Å². The van der Waals surface area contributed by atoms with E-state index in [-0.39, 0.29) is 6.04 Å². The van der Waals surface area contributed by atoms with Crippen LogP contribution in [0.5, 0.6) is 0 Å². The predicted octanol–water partition coefficient (Wildman–Crippen LogP) is 1.98. The molecule has 0 aromatic carbocycles. The fourth-order valence-corrected chi connectivity index (χ4v) is 1.65. The summed E-state index contributed by atoms with van der Waals surface area (Å²) >= 11 is 2.22. The molecule has 0 saturated carbocycles. The monoisotopic (exact) mass is 309 g/mol. The number of hydrogen-bond acceptors (Lipinski definition) is 3. The molecule has 0 saturated heterocycles. The summed E-state index contributed by atoms with van der Waals surface area (Å²) < 4.78 is 7.95. The van der Waals surface area contributed by atoms with Gasteiger partial charge in [-0.25, -0.2) is 4.68 Å². The van der Waals surface area contributed by atoms with Crippen molar-refractivity contribution in [1.29, 1.82) is 0 Å². The molecule has 5 heteroatoms. The van der Waals surface area contributed by atoms with Crippen LogP contribution >= 0.6 is 22.6 Å². The normalized spacial score (nSPS) is 13.1. The SMILES string of the molecule is COCCC(C)n1nc(C)c(I)c1N. The number of rotatable bonds is 4. The van der Waals surface area contributed by atoms with Gasteiger partial charge in [0.2, 0.25) is 0 Å². The first-order valence-corrected chi connectivity index (χ1v) is 5.64. The molecule has 0 fully saturated rings. The standard InChI is InChI=1S/C9H16IN3O/c1-6(4-5-14-3)13-9(11)8(10)7(2)12-13/h6H,4-5,11H2,1-3H3. The minimum Gasteiger partial charge on any atom is -0.385 e. The van der Waals surface area contributed by atoms with Gasteiger partial charge in [-0.15, -0.1) is 0 Å². The molecule has 0 aliphatic carbocycles. The number of halogens is 1. The molecule has 1 rings (SSSR count). The zero-order valence-corrected chi connectivity index (χ0v) is 10.9. The Labute approximate surface area is 97.9 Å². The predicted molar refractivity (Wildman–Crippen MR) is 65.3 cm³/mol. The molecular weight excluding hydrogens is 293 g/mol. The first kappa shape index (κ1) is 11.8. The number of ether oxygens (including phenoxy) is 1. The van der Waals surface area contributed by atoms with Crippen molar-refractivity contribution in [2.75, 3.05) is 19.5 Å². The van der Waals surface area contributed by atoms with E-state index in [1.807, 2.05) is 11.6 Å². The summed E-state index contributed by atoms with van der Waals surface area (Å²) in [5, 5.41) is 4.39. The molecule has 0 bridgehead atoms. The van der Waals surface area contributed by atoms with Crippen molar-refractivity contribution in [3.63, 3.8) is 0 Å². The van der Waals surface area contributed by atoms with Gasteiger partial charge in [0.25, 0.3) is 0 Å². The summed E-state index contributed by atoms with van der Waals surface area (Å²) in [6.07, 6.45) is 0.928. The van der Waals surface area contributed by atoms with Crippen LogP contribution in [0, 0.1) is 10.5 Å². The average Bonchev–Trinajstić information content (AvgIpc) is 2.42. The first-order chi connectivity index (χ1) is 6.57. The van der Waals surface area contributed by atoms with E-state index in [2.05, 4.69) is 34.6 Å². The number of aromatic nitrogens is 2. The van der Waals surface area contributed by atoms with E-state index in [0.29, 0.717) is 0 Å². The molecule has 1 heterocycles. The van der Waals surface area contributed by atoms with E-state index in [0.717, 1.165) is 28.1 Å². The van der Waals surface area contributed by atoms with Crippen molar-refractivity contribution in [3.05, 3.63) is 9.26 Å². The second-order valence-electron chi connectivity index (χ2n) is 3.36. The van der Waals surface area contributed by atoms with Crippen molar-refractivity contribution >= 4 is 28.4 Å². The number of aryl methyl sites for hydroxylation is 1. The maximum absolute atomic E-state index is 5.93. The Morgan fingerprint density at radius 3 is 2.71 bits per heavy atom. The van der Waals surface area contributed by atoms with Gasteiger partial charge >= 0.3 is 0 Å². The van der Waals surface area contributed by atoms with Crippen molar-refractivity contribution in [1.82, 2.24) is 9.78 Å². The van der Waals surface area contributed by atoms with Gasteiger partial charge in [0.15, 0.2) is 0 Å². The summed E-state index contributed by atoms with van der Waals surface area (Å²) in [7, 11) is 1.70. The molecule has 0 spiro atoms. The summed E-state index contributed by atoms with van der Waals surface area (Å²) in [5.41, 5.74) is 6.92. The summed E-state index contributed by atoms with van der Waals surface area (Å²) in [5.74, 6) is 0.756. The highest BCUT2D eigenvalue weighted by atomic mass is 127. The van der Waals surface area contributed by atoms with Gasteiger partial charge < -0.3 is 10.5 Å². The molecule has 1 atom stereocenters. The zero-order valence-electron chi connectivity index (χ0n) is 8.75. The maximum atomic E-state index is 5.93. The van der Waals surface area contributed by atoms with Crippen LogP contribution in [-0.4, -0.2) is 23.5 Å². The Balaban J connectivity index is 2.79. The van der Waals surface area contributed by atoms with Gasteiger partial charge in [0, 0.05) is 13.7 Å². The third kappa shape index (κ3) is 2.38. The minimum absolute atomic E-state index is 0.289. The summed E-state index contributed by atoms with van der Waals surface area (Å²) in [4.78, 5) is 0. The number of hydrogen-bond donors (Lipinski definition) is 1. The Hall–Kier alpha value is -0.300. The van der Waals surface area contributed by atoms with E-state index in [1.54, 1.807) is 7.11 Å². The number of nitrogen functional groups attached to an aromatic ring is 1. The molecule has 4 nitrogen and oxygen atoms in total. The highest BCUT2D eigenvalue weighted by Gasteiger charge is 2.14. The van der Waals surface area contributed by atoms with E-state index in [1.165, 1.54) is 0 Å². The molecule has 2 N–H and O–H groups in total. The van der Waals surface area contributed by atoms with Crippen molar-refractivity contribution in [2.45, 2.75) is 26.3 Å². The lowest BCUT2D eigenvalue weighted by Gasteiger charge is -2.12. The Bertz CT molecular complexity index is 311. The first-order valence-electron chi connectivity index (χ1n) is 4.57. The van der Waals surface area contributed by atoms with Crippen LogP contribution in [0.15, 0.2) is 0 Å². The Morgan fingerprint density at radius 2 is 2.29 bits per heavy atom. The molecule has 1 aromatic heterocycles. The van der Waals surface area contributed by atoms with Crippen LogP contribution in [0.4, 0.5) is 5.82 Å². The van der Waals surface area contributed by atoms with E-state index < -0.39 is 0 Å². The van der Waals surface area contributed by atoms with Crippen LogP contribution in [0.25, 0.3) is 0 Å². The van der Waals surface area contributed by atoms with Gasteiger partial charge in [0.1, 0.15) is 5.82 Å². The summed E-state index contributed by atoms with van der Waals surface area (Å²) in [6, 6.07) is 0.289. The van der Waals surface area contributed by atoms with Crippen molar-refractivity contribution in [3.8, 4) is 0 Å². The smallest absolute Gasteiger partial charge is 0.135 e. The lowest BCUT2D eigenvalue weighted by molar-refractivity contribution is 0.179. The molecule has 0 radical (unpaired) electrons. The lowest BCUT2D eigenvalue weighted by atomic mass is 10.2. The zero-order chi connectivity index (χ0) is 10.7. The molecular formula is C9H16IN3O. The number of nitrogens with two attached hydrogens (primary N) is 1. The van der Waals surface area contributed by atoms with Gasteiger partial charge in [-0.05, 0) is 42.9 Å². The number of methoxy groups -OCH3 is 1. The van der Waals surface area contributed by atoms with Gasteiger partial charge in [0.05, 0.1) is 15.3 Å². The molecule has 1 aromatic rings. The molecule has 80 valence electrons. The Morgan fingerprint density at radius 1 is 1.64 bits per heavy atom. The number of anilines is 1. The molecule has 0 aliphatic rings. The quantitative estimate of drug-likeness (QED) is 0.865. The highest BCUT2D eigenvalue weighted by Crippen LogP contribution is 2.23. The topological polar surface area (TPSA) is 53.1 Å². The average molecular weight is 309 g/mol. The highest BCUT2D eigenvalue weighted by molar-refractivity contribution is 14.1. The van der Waals surface area contributed by atoms with Crippen LogP contribution in [-0.2, 0) is 4.74 Å². The van der Waals surface area contributed by atoms with E-state index in [9.17, 15) is 0 Å². The van der Waals surface area contributed by atoms with Gasteiger partial charge in [-0.2, -0.15) is 5.10 Å². The van der Waals surface area contributed by atoms with Crippen LogP contribution < -0.4 is 5.73 Å². The van der Waals surface area contributed by atoms with E-state index >= 15 is 0 Å². The molecule has 0 aliphatic heterocycles. The fourth-order valence-electron chi connectivity index (χ4n) is 1.29. The number of nitrogens with zero attached hydrogens (tertiary/aromatic N) is 2. The Kier molecular flexibility index (Phi) is 4.18. The van der Waals surface area contributed by atoms with Gasteiger partial charge in [-0.3, -0.25) is 0 Å². The molecule has 0 amide bonds. The van der Waals surface area contributed by atoms with Crippen LogP contribution in [0.2, 0.25) is 0 Å². The van der Waals surface area contributed by atoms with Crippen molar-refractivity contribution in [2.24, 2.45) is 0 Å². The summed E-state index contributed by atoms with van der Waals surface area (Å²) in [6.45, 7) is 4.80. The largest absolute Gasteiger partial charge is 0.385 e. The van der Waals surface area contributed by atoms with Crippen molar-refractivity contribution < 1.29 is 4.74 Å².